The summed E-state index contributed by atoms with van der Waals surface area (Å²) in [5.41, 5.74) is 0.834. The number of ether oxygens (including phenoxy) is 1. The Bertz CT molecular complexity index is 646. The van der Waals surface area contributed by atoms with Crippen LogP contribution >= 0.6 is 0 Å². The second kappa shape index (κ2) is 4.89. The van der Waals surface area contributed by atoms with Crippen LogP contribution in [0.2, 0.25) is 0 Å². The Labute approximate surface area is 108 Å². The molecule has 0 aliphatic carbocycles. The maximum atomic E-state index is 5.53. The van der Waals surface area contributed by atoms with Crippen LogP contribution in [-0.2, 0) is 6.61 Å². The first kappa shape index (κ1) is 11.4. The van der Waals surface area contributed by atoms with Crippen molar-refractivity contribution in [3.05, 3.63) is 42.4 Å². The van der Waals surface area contributed by atoms with E-state index in [1.807, 2.05) is 24.3 Å². The third-order valence-corrected chi connectivity index (χ3v) is 2.40. The third kappa shape index (κ3) is 2.59. The molecule has 2 aromatic heterocycles. The van der Waals surface area contributed by atoms with Gasteiger partial charge in [0.05, 0.1) is 0 Å². The molecule has 0 saturated heterocycles. The van der Waals surface area contributed by atoms with Crippen molar-refractivity contribution in [2.75, 3.05) is 0 Å². The van der Waals surface area contributed by atoms with Crippen LogP contribution in [0.3, 0.4) is 0 Å². The van der Waals surface area contributed by atoms with E-state index in [0.29, 0.717) is 23.4 Å². The molecule has 0 aliphatic rings. The molecule has 7 heteroatoms. The van der Waals surface area contributed by atoms with E-state index in [1.54, 1.807) is 6.92 Å². The van der Waals surface area contributed by atoms with Gasteiger partial charge in [-0.2, -0.15) is 4.98 Å². The number of aryl methyl sites for hydroxylation is 1. The van der Waals surface area contributed by atoms with E-state index in [2.05, 4.69) is 20.3 Å². The van der Waals surface area contributed by atoms with Crippen molar-refractivity contribution < 1.29 is 13.7 Å². The minimum atomic E-state index is 0.261. The highest BCUT2D eigenvalue weighted by Crippen LogP contribution is 2.20. The summed E-state index contributed by atoms with van der Waals surface area (Å²) >= 11 is 0. The molecular formula is C12H10N4O3. The summed E-state index contributed by atoms with van der Waals surface area (Å²) in [6.07, 6.45) is 1.29. The lowest BCUT2D eigenvalue weighted by atomic mass is 10.2. The van der Waals surface area contributed by atoms with E-state index in [0.717, 1.165) is 5.56 Å². The SMILES string of the molecule is Cc1nc(COc2ccc(-c3nnco3)cc2)no1. The van der Waals surface area contributed by atoms with Gasteiger partial charge in [-0.1, -0.05) is 5.16 Å². The smallest absolute Gasteiger partial charge is 0.247 e. The Kier molecular flexibility index (Phi) is 2.93. The number of nitrogens with zero attached hydrogens (tertiary/aromatic N) is 4. The number of aromatic nitrogens is 4. The van der Waals surface area contributed by atoms with E-state index in [4.69, 9.17) is 13.7 Å². The Morgan fingerprint density at radius 1 is 1.21 bits per heavy atom. The first-order chi connectivity index (χ1) is 9.31. The summed E-state index contributed by atoms with van der Waals surface area (Å²) in [4.78, 5) is 4.05. The van der Waals surface area contributed by atoms with Gasteiger partial charge in [0.1, 0.15) is 5.75 Å². The van der Waals surface area contributed by atoms with Gasteiger partial charge in [-0.25, -0.2) is 0 Å². The molecule has 0 N–H and O–H groups in total. The quantitative estimate of drug-likeness (QED) is 0.707. The van der Waals surface area contributed by atoms with Gasteiger partial charge in [-0.15, -0.1) is 10.2 Å². The van der Waals surface area contributed by atoms with E-state index in [-0.39, 0.29) is 6.61 Å². The molecule has 96 valence electrons. The van der Waals surface area contributed by atoms with Crippen molar-refractivity contribution in [2.24, 2.45) is 0 Å². The molecule has 0 radical (unpaired) electrons. The lowest BCUT2D eigenvalue weighted by Gasteiger charge is -2.03. The van der Waals surface area contributed by atoms with Crippen LogP contribution in [-0.4, -0.2) is 20.3 Å². The fourth-order valence-corrected chi connectivity index (χ4v) is 1.54. The lowest BCUT2D eigenvalue weighted by molar-refractivity contribution is 0.286. The average molecular weight is 258 g/mol. The predicted octanol–water partition coefficient (Wildman–Crippen LogP) is 2.01. The van der Waals surface area contributed by atoms with E-state index < -0.39 is 0 Å². The van der Waals surface area contributed by atoms with Crippen molar-refractivity contribution in [1.29, 1.82) is 0 Å². The first-order valence-corrected chi connectivity index (χ1v) is 5.60. The number of hydrogen-bond acceptors (Lipinski definition) is 7. The summed E-state index contributed by atoms with van der Waals surface area (Å²) in [6, 6.07) is 7.30. The standard InChI is InChI=1S/C12H10N4O3/c1-8-14-11(16-19-8)6-17-10-4-2-9(3-5-10)12-15-13-7-18-12/h2-5,7H,6H2,1H3. The molecular weight excluding hydrogens is 248 g/mol. The number of hydrogen-bond donors (Lipinski definition) is 0. The molecule has 0 spiro atoms. The number of rotatable bonds is 4. The lowest BCUT2D eigenvalue weighted by Crippen LogP contribution is -1.97. The molecule has 3 rings (SSSR count). The molecule has 7 nitrogen and oxygen atoms in total. The molecule has 1 aromatic carbocycles. The van der Waals surface area contributed by atoms with Crippen LogP contribution in [0.4, 0.5) is 0 Å². The summed E-state index contributed by atoms with van der Waals surface area (Å²) < 4.78 is 15.5. The van der Waals surface area contributed by atoms with Gasteiger partial charge in [0.15, 0.2) is 6.61 Å². The van der Waals surface area contributed by atoms with Crippen LogP contribution < -0.4 is 4.74 Å². The van der Waals surface area contributed by atoms with Gasteiger partial charge in [0, 0.05) is 12.5 Å². The summed E-state index contributed by atoms with van der Waals surface area (Å²) in [6.45, 7) is 1.99. The van der Waals surface area contributed by atoms with E-state index in [1.165, 1.54) is 6.39 Å². The molecule has 0 bridgehead atoms. The summed E-state index contributed by atoms with van der Waals surface area (Å²) in [5, 5.41) is 11.2. The van der Waals surface area contributed by atoms with E-state index in [9.17, 15) is 0 Å². The first-order valence-electron chi connectivity index (χ1n) is 5.60. The highest BCUT2D eigenvalue weighted by Gasteiger charge is 2.05. The number of benzene rings is 1. The molecule has 3 aromatic rings. The zero-order chi connectivity index (χ0) is 13.1. The molecule has 0 unspecified atom stereocenters. The van der Waals surface area contributed by atoms with Gasteiger partial charge in [-0.05, 0) is 24.3 Å². The normalized spacial score (nSPS) is 10.6. The van der Waals surface area contributed by atoms with Crippen LogP contribution in [0.5, 0.6) is 5.75 Å². The second-order valence-electron chi connectivity index (χ2n) is 3.79. The fourth-order valence-electron chi connectivity index (χ4n) is 1.54. The molecule has 0 fully saturated rings. The topological polar surface area (TPSA) is 87.1 Å². The largest absolute Gasteiger partial charge is 0.485 e. The van der Waals surface area contributed by atoms with Gasteiger partial charge in [0.2, 0.25) is 24.0 Å². The van der Waals surface area contributed by atoms with Crippen molar-refractivity contribution in [2.45, 2.75) is 13.5 Å². The Morgan fingerprint density at radius 2 is 2.05 bits per heavy atom. The molecule has 2 heterocycles. The fraction of sp³-hybridized carbons (Fsp3) is 0.167. The maximum Gasteiger partial charge on any atom is 0.247 e. The van der Waals surface area contributed by atoms with Gasteiger partial charge >= 0.3 is 0 Å². The third-order valence-electron chi connectivity index (χ3n) is 2.40. The van der Waals surface area contributed by atoms with Crippen LogP contribution in [0, 0.1) is 6.92 Å². The average Bonchev–Trinajstić information content (AvgIpc) is 3.08. The van der Waals surface area contributed by atoms with Crippen LogP contribution in [0.15, 0.2) is 39.6 Å². The molecule has 19 heavy (non-hydrogen) atoms. The molecule has 0 saturated carbocycles. The van der Waals surface area contributed by atoms with Crippen molar-refractivity contribution in [3.63, 3.8) is 0 Å². The minimum Gasteiger partial charge on any atom is -0.485 e. The zero-order valence-electron chi connectivity index (χ0n) is 10.1. The summed E-state index contributed by atoms with van der Waals surface area (Å²) in [7, 11) is 0. The van der Waals surface area contributed by atoms with Crippen molar-refractivity contribution in [3.8, 4) is 17.2 Å². The van der Waals surface area contributed by atoms with Crippen molar-refractivity contribution >= 4 is 0 Å². The highest BCUT2D eigenvalue weighted by atomic mass is 16.5. The second-order valence-corrected chi connectivity index (χ2v) is 3.79. The predicted molar refractivity (Wildman–Crippen MR) is 63.1 cm³/mol. The van der Waals surface area contributed by atoms with Gasteiger partial charge in [-0.3, -0.25) is 0 Å². The van der Waals surface area contributed by atoms with Crippen molar-refractivity contribution in [1.82, 2.24) is 20.3 Å². The van der Waals surface area contributed by atoms with Crippen LogP contribution in [0.1, 0.15) is 11.7 Å². The summed E-state index contributed by atoms with van der Waals surface area (Å²) in [5.74, 6) is 2.20. The monoisotopic (exact) mass is 258 g/mol. The van der Waals surface area contributed by atoms with Gasteiger partial charge < -0.3 is 13.7 Å². The maximum absolute atomic E-state index is 5.53. The van der Waals surface area contributed by atoms with Crippen LogP contribution in [0.25, 0.3) is 11.5 Å². The minimum absolute atomic E-state index is 0.261. The van der Waals surface area contributed by atoms with E-state index >= 15 is 0 Å². The molecule has 0 amide bonds. The Morgan fingerprint density at radius 3 is 2.68 bits per heavy atom. The Balaban J connectivity index is 1.66. The molecule has 0 atom stereocenters. The molecule has 0 aliphatic heterocycles. The van der Waals surface area contributed by atoms with Gasteiger partial charge in [0.25, 0.3) is 0 Å². The zero-order valence-corrected chi connectivity index (χ0v) is 10.1. The highest BCUT2D eigenvalue weighted by molar-refractivity contribution is 5.53. The Hall–Kier alpha value is -2.70.